The smallest absolute Gasteiger partial charge is 0.119 e. The molecule has 2 aromatic rings. The lowest BCUT2D eigenvalue weighted by molar-refractivity contribution is 0.340. The summed E-state index contributed by atoms with van der Waals surface area (Å²) in [5.74, 6) is 0.882. The third-order valence-corrected chi connectivity index (χ3v) is 2.76. The van der Waals surface area contributed by atoms with Gasteiger partial charge in [-0.2, -0.15) is 15.4 Å². The number of benzene rings is 1. The Bertz CT molecular complexity index is 523. The first-order valence-electron chi connectivity index (χ1n) is 6.62. The second kappa shape index (κ2) is 5.43. The molecule has 4 heteroatoms. The first kappa shape index (κ1) is 13.6. The molecule has 0 saturated carbocycles. The minimum atomic E-state index is 0.191. The monoisotopic (exact) mass is 259 g/mol. The summed E-state index contributed by atoms with van der Waals surface area (Å²) in [5, 5.41) is 11.3. The van der Waals surface area contributed by atoms with Crippen LogP contribution in [-0.2, 0) is 6.42 Å². The Morgan fingerprint density at radius 3 is 2.37 bits per heavy atom. The van der Waals surface area contributed by atoms with Crippen molar-refractivity contribution in [3.05, 3.63) is 30.0 Å². The van der Waals surface area contributed by atoms with Gasteiger partial charge in [-0.25, -0.2) is 0 Å². The molecule has 19 heavy (non-hydrogen) atoms. The molecule has 0 aliphatic carbocycles. The lowest BCUT2D eigenvalue weighted by atomic mass is 9.89. The number of hydrogen-bond acceptors (Lipinski definition) is 3. The van der Waals surface area contributed by atoms with Crippen molar-refractivity contribution < 1.29 is 4.74 Å². The molecular formula is C15H21N3O. The van der Waals surface area contributed by atoms with Crippen LogP contribution in [0.2, 0.25) is 0 Å². The van der Waals surface area contributed by atoms with Crippen LogP contribution in [0.5, 0.6) is 5.75 Å². The highest BCUT2D eigenvalue weighted by atomic mass is 16.5. The minimum absolute atomic E-state index is 0.191. The molecule has 102 valence electrons. The Morgan fingerprint density at radius 2 is 1.79 bits per heavy atom. The van der Waals surface area contributed by atoms with E-state index >= 15 is 0 Å². The zero-order valence-electron chi connectivity index (χ0n) is 12.0. The van der Waals surface area contributed by atoms with Gasteiger partial charge in [0.2, 0.25) is 0 Å². The summed E-state index contributed by atoms with van der Waals surface area (Å²) in [6.07, 6.45) is 0.895. The van der Waals surface area contributed by atoms with E-state index in [9.17, 15) is 0 Å². The zero-order chi connectivity index (χ0) is 13.9. The van der Waals surface area contributed by atoms with Crippen LogP contribution in [0.15, 0.2) is 24.3 Å². The van der Waals surface area contributed by atoms with Crippen molar-refractivity contribution in [2.45, 2.75) is 34.1 Å². The van der Waals surface area contributed by atoms with Gasteiger partial charge in [0.05, 0.1) is 12.3 Å². The van der Waals surface area contributed by atoms with Crippen molar-refractivity contribution in [2.24, 2.45) is 5.41 Å². The van der Waals surface area contributed by atoms with Gasteiger partial charge < -0.3 is 4.74 Å². The van der Waals surface area contributed by atoms with Gasteiger partial charge in [0.1, 0.15) is 11.4 Å². The van der Waals surface area contributed by atoms with E-state index in [4.69, 9.17) is 4.74 Å². The summed E-state index contributed by atoms with van der Waals surface area (Å²) >= 11 is 0. The second-order valence-electron chi connectivity index (χ2n) is 5.81. The van der Waals surface area contributed by atoms with E-state index in [1.54, 1.807) is 0 Å². The number of aromatic amines is 1. The van der Waals surface area contributed by atoms with Crippen molar-refractivity contribution in [3.8, 4) is 17.0 Å². The van der Waals surface area contributed by atoms with Crippen LogP contribution in [0.4, 0.5) is 0 Å². The summed E-state index contributed by atoms with van der Waals surface area (Å²) in [6.45, 7) is 9.25. The van der Waals surface area contributed by atoms with Gasteiger partial charge in [0, 0.05) is 5.56 Å². The first-order valence-corrected chi connectivity index (χ1v) is 6.62. The number of hydrogen-bond donors (Lipinski definition) is 1. The Kier molecular flexibility index (Phi) is 3.88. The van der Waals surface area contributed by atoms with E-state index in [-0.39, 0.29) is 5.41 Å². The fraction of sp³-hybridized carbons (Fsp3) is 0.467. The summed E-state index contributed by atoms with van der Waals surface area (Å²) < 4.78 is 5.45. The van der Waals surface area contributed by atoms with Gasteiger partial charge in [0.25, 0.3) is 0 Å². The fourth-order valence-corrected chi connectivity index (χ4v) is 1.99. The van der Waals surface area contributed by atoms with Crippen LogP contribution in [0.25, 0.3) is 11.3 Å². The molecule has 0 aliphatic rings. The number of aromatic nitrogens is 3. The highest BCUT2D eigenvalue weighted by Gasteiger charge is 2.18. The third kappa shape index (κ3) is 3.56. The van der Waals surface area contributed by atoms with Gasteiger partial charge >= 0.3 is 0 Å². The van der Waals surface area contributed by atoms with Crippen LogP contribution >= 0.6 is 0 Å². The predicted octanol–water partition coefficient (Wildman–Crippen LogP) is 3.46. The van der Waals surface area contributed by atoms with Gasteiger partial charge in [-0.3, -0.25) is 0 Å². The maximum Gasteiger partial charge on any atom is 0.119 e. The van der Waals surface area contributed by atoms with E-state index in [0.717, 1.165) is 29.1 Å². The maximum absolute atomic E-state index is 5.45. The fourth-order valence-electron chi connectivity index (χ4n) is 1.99. The number of ether oxygens (including phenoxy) is 1. The van der Waals surface area contributed by atoms with Gasteiger partial charge in [0.15, 0.2) is 0 Å². The molecule has 1 heterocycles. The SMILES string of the molecule is CCOc1ccc(-c2n[nH]nc2CC(C)(C)C)cc1. The number of H-pyrrole nitrogens is 1. The highest BCUT2D eigenvalue weighted by Crippen LogP contribution is 2.27. The Balaban J connectivity index is 2.24. The summed E-state index contributed by atoms with van der Waals surface area (Å²) in [4.78, 5) is 0. The molecule has 1 aromatic heterocycles. The largest absolute Gasteiger partial charge is 0.494 e. The summed E-state index contributed by atoms with van der Waals surface area (Å²) in [7, 11) is 0. The van der Waals surface area contributed by atoms with E-state index < -0.39 is 0 Å². The molecule has 0 amide bonds. The lowest BCUT2D eigenvalue weighted by Crippen LogP contribution is -2.10. The molecule has 0 spiro atoms. The van der Waals surface area contributed by atoms with E-state index in [1.807, 2.05) is 31.2 Å². The Labute approximate surface area is 114 Å². The molecule has 0 saturated heterocycles. The predicted molar refractivity (Wildman–Crippen MR) is 76.1 cm³/mol. The molecular weight excluding hydrogens is 238 g/mol. The molecule has 0 bridgehead atoms. The van der Waals surface area contributed by atoms with Crippen LogP contribution in [0.1, 0.15) is 33.4 Å². The molecule has 4 nitrogen and oxygen atoms in total. The van der Waals surface area contributed by atoms with Crippen LogP contribution in [-0.4, -0.2) is 22.0 Å². The standard InChI is InChI=1S/C15H21N3O/c1-5-19-12-8-6-11(7-9-12)14-13(16-18-17-14)10-15(2,3)4/h6-9H,5,10H2,1-4H3,(H,16,17,18). The van der Waals surface area contributed by atoms with Gasteiger partial charge in [-0.05, 0) is 43.0 Å². The Hall–Kier alpha value is -1.84. The highest BCUT2D eigenvalue weighted by molar-refractivity contribution is 5.62. The molecule has 1 aromatic carbocycles. The van der Waals surface area contributed by atoms with Crippen molar-refractivity contribution in [1.82, 2.24) is 15.4 Å². The van der Waals surface area contributed by atoms with E-state index in [2.05, 4.69) is 36.2 Å². The first-order chi connectivity index (χ1) is 8.99. The van der Waals surface area contributed by atoms with Crippen molar-refractivity contribution >= 4 is 0 Å². The zero-order valence-corrected chi connectivity index (χ0v) is 12.0. The van der Waals surface area contributed by atoms with Crippen molar-refractivity contribution in [3.63, 3.8) is 0 Å². The Morgan fingerprint density at radius 1 is 1.11 bits per heavy atom. The van der Waals surface area contributed by atoms with E-state index in [1.165, 1.54) is 0 Å². The molecule has 2 rings (SSSR count). The molecule has 0 aliphatic heterocycles. The van der Waals surface area contributed by atoms with Gasteiger partial charge in [-0.15, -0.1) is 0 Å². The normalized spacial score (nSPS) is 11.6. The molecule has 0 radical (unpaired) electrons. The number of nitrogens with one attached hydrogen (secondary N) is 1. The number of nitrogens with zero attached hydrogens (tertiary/aromatic N) is 2. The quantitative estimate of drug-likeness (QED) is 0.914. The summed E-state index contributed by atoms with van der Waals surface area (Å²) in [6, 6.07) is 7.98. The number of rotatable bonds is 4. The van der Waals surface area contributed by atoms with Crippen LogP contribution in [0.3, 0.4) is 0 Å². The van der Waals surface area contributed by atoms with Crippen LogP contribution in [0, 0.1) is 5.41 Å². The molecule has 1 N–H and O–H groups in total. The topological polar surface area (TPSA) is 50.8 Å². The van der Waals surface area contributed by atoms with Crippen molar-refractivity contribution in [1.29, 1.82) is 0 Å². The average Bonchev–Trinajstić information content (AvgIpc) is 2.76. The van der Waals surface area contributed by atoms with E-state index in [0.29, 0.717) is 6.61 Å². The molecule has 0 fully saturated rings. The lowest BCUT2D eigenvalue weighted by Gasteiger charge is -2.16. The van der Waals surface area contributed by atoms with Gasteiger partial charge in [-0.1, -0.05) is 20.8 Å². The second-order valence-corrected chi connectivity index (χ2v) is 5.81. The molecule has 0 unspecified atom stereocenters. The van der Waals surface area contributed by atoms with Crippen molar-refractivity contribution in [2.75, 3.05) is 6.61 Å². The minimum Gasteiger partial charge on any atom is -0.494 e. The third-order valence-electron chi connectivity index (χ3n) is 2.76. The van der Waals surface area contributed by atoms with Crippen LogP contribution < -0.4 is 4.74 Å². The summed E-state index contributed by atoms with van der Waals surface area (Å²) in [5.41, 5.74) is 3.20. The maximum atomic E-state index is 5.45. The average molecular weight is 259 g/mol. The molecule has 0 atom stereocenters.